The van der Waals surface area contributed by atoms with Gasteiger partial charge in [0, 0.05) is 42.5 Å². The SMILES string of the molecule is CCOC(=O)C1CC2(CCN(c3nc(Cl)cc(O[C@H](c4ccc(Cl)cc4-n4ccc(C)n4)C(F)(F)F)n3)CC2)CN1C(=O)OCc1ccccc1. The fourth-order valence-electron chi connectivity index (χ4n) is 6.54. The van der Waals surface area contributed by atoms with Crippen LogP contribution < -0.4 is 9.64 Å². The van der Waals surface area contributed by atoms with Gasteiger partial charge in [0.2, 0.25) is 17.9 Å². The quantitative estimate of drug-likeness (QED) is 0.127. The number of likely N-dealkylation sites (tertiary alicyclic amines) is 1. The molecule has 16 heteroatoms. The molecule has 4 heterocycles. The lowest BCUT2D eigenvalue weighted by Crippen LogP contribution is -2.43. The molecular formula is C35H35Cl2F3N6O5. The number of anilines is 1. The van der Waals surface area contributed by atoms with E-state index in [1.54, 1.807) is 24.8 Å². The van der Waals surface area contributed by atoms with E-state index < -0.39 is 35.8 Å². The number of aryl methyl sites for hydroxylation is 1. The van der Waals surface area contributed by atoms with E-state index in [2.05, 4.69) is 15.1 Å². The van der Waals surface area contributed by atoms with Crippen molar-refractivity contribution in [3.8, 4) is 11.6 Å². The fraction of sp³-hybridized carbons (Fsp3) is 0.400. The van der Waals surface area contributed by atoms with Crippen LogP contribution in [0.4, 0.5) is 23.9 Å². The van der Waals surface area contributed by atoms with Crippen LogP contribution >= 0.6 is 23.2 Å². The highest BCUT2D eigenvalue weighted by Gasteiger charge is 2.51. The highest BCUT2D eigenvalue weighted by Crippen LogP contribution is 2.45. The Hall–Kier alpha value is -4.56. The van der Waals surface area contributed by atoms with E-state index >= 15 is 0 Å². The van der Waals surface area contributed by atoms with Gasteiger partial charge in [-0.3, -0.25) is 4.90 Å². The van der Waals surface area contributed by atoms with Crippen molar-refractivity contribution < 1.29 is 37.0 Å². The van der Waals surface area contributed by atoms with Gasteiger partial charge in [-0.1, -0.05) is 59.6 Å². The zero-order valence-corrected chi connectivity index (χ0v) is 29.3. The maximum absolute atomic E-state index is 14.6. The number of aromatic nitrogens is 4. The molecule has 2 fully saturated rings. The zero-order chi connectivity index (χ0) is 36.3. The first-order valence-corrected chi connectivity index (χ1v) is 17.1. The molecule has 4 aromatic rings. The number of hydrogen-bond donors (Lipinski definition) is 0. The van der Waals surface area contributed by atoms with Crippen LogP contribution in [0.25, 0.3) is 5.69 Å². The molecule has 2 aromatic heterocycles. The molecule has 2 saturated heterocycles. The molecule has 2 aliphatic heterocycles. The van der Waals surface area contributed by atoms with Gasteiger partial charge >= 0.3 is 18.2 Å². The lowest BCUT2D eigenvalue weighted by molar-refractivity contribution is -0.198. The average molecular weight is 748 g/mol. The number of halogens is 5. The molecule has 0 saturated carbocycles. The molecule has 0 bridgehead atoms. The van der Waals surface area contributed by atoms with Crippen molar-refractivity contribution in [3.05, 3.63) is 93.9 Å². The van der Waals surface area contributed by atoms with Crippen molar-refractivity contribution in [2.45, 2.75) is 58.0 Å². The predicted octanol–water partition coefficient (Wildman–Crippen LogP) is 7.52. The Labute approximate surface area is 302 Å². The summed E-state index contributed by atoms with van der Waals surface area (Å²) >= 11 is 12.5. The summed E-state index contributed by atoms with van der Waals surface area (Å²) in [5, 5.41) is 4.38. The Morgan fingerprint density at radius 3 is 2.43 bits per heavy atom. The summed E-state index contributed by atoms with van der Waals surface area (Å²) in [4.78, 5) is 38.1. The van der Waals surface area contributed by atoms with Crippen molar-refractivity contribution >= 4 is 41.2 Å². The summed E-state index contributed by atoms with van der Waals surface area (Å²) in [6.45, 7) is 4.67. The molecule has 0 radical (unpaired) electrons. The summed E-state index contributed by atoms with van der Waals surface area (Å²) in [5.74, 6) is -0.786. The number of carbonyl (C=O) groups is 2. The molecule has 270 valence electrons. The number of esters is 1. The molecule has 1 unspecified atom stereocenters. The molecule has 0 N–H and O–H groups in total. The largest absolute Gasteiger partial charge is 0.464 e. The van der Waals surface area contributed by atoms with Gasteiger partial charge in [-0.05, 0) is 62.3 Å². The lowest BCUT2D eigenvalue weighted by Gasteiger charge is -2.39. The second kappa shape index (κ2) is 15.0. The van der Waals surface area contributed by atoms with Crippen molar-refractivity contribution in [3.63, 3.8) is 0 Å². The summed E-state index contributed by atoms with van der Waals surface area (Å²) in [7, 11) is 0. The number of benzene rings is 2. The smallest absolute Gasteiger partial charge is 0.429 e. The van der Waals surface area contributed by atoms with E-state index in [-0.39, 0.29) is 53.0 Å². The van der Waals surface area contributed by atoms with Crippen molar-refractivity contribution in [1.29, 1.82) is 0 Å². The maximum Gasteiger partial charge on any atom is 0.429 e. The fourth-order valence-corrected chi connectivity index (χ4v) is 6.88. The normalized spacial score (nSPS) is 17.7. The van der Waals surface area contributed by atoms with Crippen molar-refractivity contribution in [2.24, 2.45) is 5.41 Å². The monoisotopic (exact) mass is 746 g/mol. The number of carbonyl (C=O) groups excluding carboxylic acids is 2. The van der Waals surface area contributed by atoms with Crippen molar-refractivity contribution in [1.82, 2.24) is 24.6 Å². The van der Waals surface area contributed by atoms with Crippen LogP contribution in [0.5, 0.6) is 5.88 Å². The number of rotatable bonds is 9. The Balaban J connectivity index is 1.19. The zero-order valence-electron chi connectivity index (χ0n) is 27.8. The minimum Gasteiger partial charge on any atom is -0.464 e. The van der Waals surface area contributed by atoms with Gasteiger partial charge in [0.05, 0.1) is 18.0 Å². The van der Waals surface area contributed by atoms with Crippen LogP contribution in [0.1, 0.15) is 49.1 Å². The standard InChI is InChI=1S/C35H35Cl2F3N6O5/c1-3-49-31(47)27-19-34(21-45(27)33(48)50-20-23-7-5-4-6-8-23)12-15-44(16-13-34)32-41-28(37)18-29(42-32)51-30(35(38,39)40)25-10-9-24(36)17-26(25)46-14-11-22(2)43-46/h4-11,14,17-18,27,30H,3,12-13,15-16,19-21H2,1-2H3/t27?,30-/m1/s1. The highest BCUT2D eigenvalue weighted by atomic mass is 35.5. The first-order valence-electron chi connectivity index (χ1n) is 16.3. The molecule has 11 nitrogen and oxygen atoms in total. The Morgan fingerprint density at radius 2 is 1.76 bits per heavy atom. The minimum atomic E-state index is -4.86. The lowest BCUT2D eigenvalue weighted by atomic mass is 9.76. The molecule has 1 amide bonds. The molecule has 2 aromatic carbocycles. The molecule has 6 rings (SSSR count). The second-order valence-electron chi connectivity index (χ2n) is 12.6. The maximum atomic E-state index is 14.6. The van der Waals surface area contributed by atoms with Gasteiger partial charge in [0.15, 0.2) is 0 Å². The van der Waals surface area contributed by atoms with Gasteiger partial charge in [0.25, 0.3) is 0 Å². The Morgan fingerprint density at radius 1 is 1.02 bits per heavy atom. The summed E-state index contributed by atoms with van der Waals surface area (Å²) in [6.07, 6.45) is -4.94. The van der Waals surface area contributed by atoms with E-state index in [1.165, 1.54) is 34.0 Å². The summed E-state index contributed by atoms with van der Waals surface area (Å²) in [6, 6.07) is 15.2. The van der Waals surface area contributed by atoms with Gasteiger partial charge in [-0.15, -0.1) is 0 Å². The average Bonchev–Trinajstić information content (AvgIpc) is 3.70. The first-order chi connectivity index (χ1) is 24.3. The van der Waals surface area contributed by atoms with Crippen LogP contribution in [-0.2, 0) is 20.9 Å². The van der Waals surface area contributed by atoms with E-state index in [0.717, 1.165) is 11.6 Å². The van der Waals surface area contributed by atoms with Crippen LogP contribution in [0.15, 0.2) is 66.9 Å². The molecular weight excluding hydrogens is 712 g/mol. The molecule has 1 spiro atoms. The summed E-state index contributed by atoms with van der Waals surface area (Å²) in [5.41, 5.74) is 0.847. The number of piperidine rings is 1. The van der Waals surface area contributed by atoms with Gasteiger partial charge in [-0.2, -0.15) is 23.3 Å². The highest BCUT2D eigenvalue weighted by molar-refractivity contribution is 6.30. The number of ether oxygens (including phenoxy) is 3. The first kappa shape index (κ1) is 36.2. The molecule has 0 aliphatic carbocycles. The molecule has 2 atom stereocenters. The third-order valence-electron chi connectivity index (χ3n) is 9.05. The van der Waals surface area contributed by atoms with Crippen molar-refractivity contribution in [2.75, 3.05) is 31.1 Å². The Kier molecular flexibility index (Phi) is 10.6. The summed E-state index contributed by atoms with van der Waals surface area (Å²) < 4.78 is 61.6. The minimum absolute atomic E-state index is 0.0560. The van der Waals surface area contributed by atoms with E-state index in [9.17, 15) is 22.8 Å². The Bertz CT molecular complexity index is 1870. The van der Waals surface area contributed by atoms with E-state index in [1.807, 2.05) is 30.3 Å². The van der Waals surface area contributed by atoms with E-state index in [4.69, 9.17) is 37.4 Å². The molecule has 51 heavy (non-hydrogen) atoms. The van der Waals surface area contributed by atoms with Crippen LogP contribution in [0, 0.1) is 12.3 Å². The van der Waals surface area contributed by atoms with Gasteiger partial charge < -0.3 is 19.1 Å². The van der Waals surface area contributed by atoms with Crippen LogP contribution in [0.2, 0.25) is 10.2 Å². The van der Waals surface area contributed by atoms with Gasteiger partial charge in [-0.25, -0.2) is 19.3 Å². The number of hydrogen-bond acceptors (Lipinski definition) is 9. The number of alkyl halides is 3. The predicted molar refractivity (Wildman–Crippen MR) is 182 cm³/mol. The van der Waals surface area contributed by atoms with Crippen LogP contribution in [-0.4, -0.2) is 75.2 Å². The molecule has 2 aliphatic rings. The van der Waals surface area contributed by atoms with Crippen LogP contribution in [0.3, 0.4) is 0 Å². The third-order valence-corrected chi connectivity index (χ3v) is 9.48. The number of amides is 1. The van der Waals surface area contributed by atoms with Gasteiger partial charge in [0.1, 0.15) is 17.8 Å². The van der Waals surface area contributed by atoms with E-state index in [0.29, 0.717) is 38.0 Å². The second-order valence-corrected chi connectivity index (χ2v) is 13.4. The topological polar surface area (TPSA) is 112 Å². The third kappa shape index (κ3) is 8.33. The number of nitrogens with zero attached hydrogens (tertiary/aromatic N) is 6.